The number of carboxylic acids is 1. The van der Waals surface area contributed by atoms with Crippen LogP contribution >= 0.6 is 0 Å². The molecule has 8 heteroatoms. The van der Waals surface area contributed by atoms with E-state index in [1.165, 1.54) is 0 Å². The van der Waals surface area contributed by atoms with E-state index in [0.29, 0.717) is 36.9 Å². The van der Waals surface area contributed by atoms with E-state index in [2.05, 4.69) is 6.92 Å². The molecule has 0 bridgehead atoms. The molecule has 2 amide bonds. The van der Waals surface area contributed by atoms with Crippen LogP contribution in [0.3, 0.4) is 0 Å². The molecule has 2 aromatic carbocycles. The van der Waals surface area contributed by atoms with Gasteiger partial charge in [0.05, 0.1) is 19.1 Å². The Morgan fingerprint density at radius 1 is 1.09 bits per heavy atom. The molecular weight excluding hydrogens is 436 g/mol. The number of urea groups is 1. The topological polar surface area (TPSA) is 88.5 Å². The number of carbonyl (C=O) groups is 2. The van der Waals surface area contributed by atoms with Gasteiger partial charge in [0.25, 0.3) is 0 Å². The van der Waals surface area contributed by atoms with Crippen molar-refractivity contribution in [1.82, 2.24) is 9.80 Å². The highest BCUT2D eigenvalue weighted by molar-refractivity contribution is 5.80. The molecule has 0 aromatic heterocycles. The van der Waals surface area contributed by atoms with Crippen LogP contribution in [0.5, 0.6) is 17.2 Å². The maximum absolute atomic E-state index is 13.7. The predicted octanol–water partition coefficient (Wildman–Crippen LogP) is 4.51. The maximum atomic E-state index is 13.7. The van der Waals surface area contributed by atoms with Crippen LogP contribution in [0.1, 0.15) is 49.8 Å². The van der Waals surface area contributed by atoms with Crippen LogP contribution in [0.25, 0.3) is 0 Å². The molecular formula is C26H32N2O6. The van der Waals surface area contributed by atoms with E-state index in [9.17, 15) is 14.7 Å². The van der Waals surface area contributed by atoms with E-state index >= 15 is 0 Å². The van der Waals surface area contributed by atoms with E-state index in [1.807, 2.05) is 37.3 Å². The van der Waals surface area contributed by atoms with Crippen LogP contribution in [0.4, 0.5) is 4.79 Å². The van der Waals surface area contributed by atoms with Crippen molar-refractivity contribution in [3.8, 4) is 17.2 Å². The summed E-state index contributed by atoms with van der Waals surface area (Å²) in [5.41, 5.74) is 1.60. The fourth-order valence-electron chi connectivity index (χ4n) is 4.92. The summed E-state index contributed by atoms with van der Waals surface area (Å²) in [6.07, 6.45) is 1.87. The summed E-state index contributed by atoms with van der Waals surface area (Å²) in [7, 11) is 1.59. The number of fused-ring (bicyclic) bond motifs is 1. The summed E-state index contributed by atoms with van der Waals surface area (Å²) in [5, 5.41) is 10.4. The average Bonchev–Trinajstić information content (AvgIpc) is 3.49. The summed E-state index contributed by atoms with van der Waals surface area (Å²) < 4.78 is 16.2. The smallest absolute Gasteiger partial charge is 0.320 e. The standard InChI is InChI=1S/C26H32N2O6/c1-4-6-13-27(5-2)26(31)28-15-20(18-9-12-21-22(14-18)34-16-33-21)23(25(29)30)24(28)17-7-10-19(32-3)11-8-17/h7-12,14,20,23-24H,4-6,13,15-16H2,1-3H3,(H,29,30)/t20?,23-,24+/m0/s1. The maximum Gasteiger partial charge on any atom is 0.320 e. The van der Waals surface area contributed by atoms with Crippen molar-refractivity contribution in [3.63, 3.8) is 0 Å². The van der Waals surface area contributed by atoms with Crippen molar-refractivity contribution >= 4 is 12.0 Å². The van der Waals surface area contributed by atoms with E-state index < -0.39 is 23.8 Å². The first-order valence-corrected chi connectivity index (χ1v) is 11.8. The van der Waals surface area contributed by atoms with Gasteiger partial charge in [0.1, 0.15) is 5.75 Å². The number of hydrogen-bond donors (Lipinski definition) is 1. The highest BCUT2D eigenvalue weighted by Crippen LogP contribution is 2.48. The molecule has 1 N–H and O–H groups in total. The summed E-state index contributed by atoms with van der Waals surface area (Å²) >= 11 is 0. The molecule has 1 saturated heterocycles. The molecule has 182 valence electrons. The van der Waals surface area contributed by atoms with E-state index in [-0.39, 0.29) is 12.8 Å². The Kier molecular flexibility index (Phi) is 7.14. The van der Waals surface area contributed by atoms with Crippen molar-refractivity contribution in [2.45, 2.75) is 38.6 Å². The van der Waals surface area contributed by atoms with Gasteiger partial charge in [-0.25, -0.2) is 4.79 Å². The number of amides is 2. The zero-order chi connectivity index (χ0) is 24.2. The highest BCUT2D eigenvalue weighted by atomic mass is 16.7. The second-order valence-corrected chi connectivity index (χ2v) is 8.67. The number of likely N-dealkylation sites (tertiary alicyclic amines) is 1. The minimum atomic E-state index is -0.935. The number of benzene rings is 2. The molecule has 2 aliphatic rings. The van der Waals surface area contributed by atoms with Gasteiger partial charge in [0, 0.05) is 25.6 Å². The second-order valence-electron chi connectivity index (χ2n) is 8.67. The fourth-order valence-corrected chi connectivity index (χ4v) is 4.92. The van der Waals surface area contributed by atoms with Crippen LogP contribution in [0, 0.1) is 5.92 Å². The number of carbonyl (C=O) groups excluding carboxylic acids is 1. The SMILES string of the molecule is CCCCN(CC)C(=O)N1CC(c2ccc3c(c2)OCO3)[C@H](C(=O)O)[C@H]1c1ccc(OC)cc1. The van der Waals surface area contributed by atoms with E-state index in [4.69, 9.17) is 14.2 Å². The number of unbranched alkanes of at least 4 members (excludes halogenated alkanes) is 1. The highest BCUT2D eigenvalue weighted by Gasteiger charge is 2.50. The van der Waals surface area contributed by atoms with Gasteiger partial charge in [-0.05, 0) is 48.7 Å². The van der Waals surface area contributed by atoms with Gasteiger partial charge in [-0.3, -0.25) is 4.79 Å². The normalized spacial score (nSPS) is 20.9. The zero-order valence-electron chi connectivity index (χ0n) is 19.9. The number of aliphatic carboxylic acids is 1. The number of hydrogen-bond acceptors (Lipinski definition) is 5. The summed E-state index contributed by atoms with van der Waals surface area (Å²) in [6, 6.07) is 12.1. The Morgan fingerprint density at radius 2 is 1.79 bits per heavy atom. The minimum absolute atomic E-state index is 0.133. The van der Waals surface area contributed by atoms with Crippen LogP contribution < -0.4 is 14.2 Å². The van der Waals surface area contributed by atoms with Gasteiger partial charge in [-0.2, -0.15) is 0 Å². The summed E-state index contributed by atoms with van der Waals surface area (Å²) in [4.78, 5) is 29.9. The number of carboxylic acid groups (broad SMARTS) is 1. The quantitative estimate of drug-likeness (QED) is 0.613. The van der Waals surface area contributed by atoms with Crippen molar-refractivity contribution in [1.29, 1.82) is 0 Å². The molecule has 8 nitrogen and oxygen atoms in total. The molecule has 0 radical (unpaired) electrons. The molecule has 4 rings (SSSR count). The third-order valence-corrected chi connectivity index (χ3v) is 6.75. The summed E-state index contributed by atoms with van der Waals surface area (Å²) in [6.45, 7) is 5.70. The van der Waals surface area contributed by atoms with Gasteiger partial charge in [-0.1, -0.05) is 31.5 Å². The zero-order valence-corrected chi connectivity index (χ0v) is 19.9. The molecule has 2 aliphatic heterocycles. The molecule has 0 aliphatic carbocycles. The number of ether oxygens (including phenoxy) is 3. The van der Waals surface area contributed by atoms with Crippen LogP contribution in [-0.2, 0) is 4.79 Å². The first kappa shape index (κ1) is 23.7. The Hall–Kier alpha value is -3.42. The number of nitrogens with zero attached hydrogens (tertiary/aromatic N) is 2. The average molecular weight is 469 g/mol. The van der Waals surface area contributed by atoms with E-state index in [0.717, 1.165) is 24.0 Å². The van der Waals surface area contributed by atoms with Gasteiger partial charge < -0.3 is 29.1 Å². The Balaban J connectivity index is 1.75. The molecule has 0 spiro atoms. The van der Waals surface area contributed by atoms with Gasteiger partial charge in [-0.15, -0.1) is 0 Å². The molecule has 2 aromatic rings. The fraction of sp³-hybridized carbons (Fsp3) is 0.462. The molecule has 1 unspecified atom stereocenters. The van der Waals surface area contributed by atoms with Crippen molar-refractivity contribution < 1.29 is 28.9 Å². The van der Waals surface area contributed by atoms with E-state index in [1.54, 1.807) is 29.0 Å². The van der Waals surface area contributed by atoms with Gasteiger partial charge in [0.2, 0.25) is 6.79 Å². The third kappa shape index (κ3) is 4.49. The second kappa shape index (κ2) is 10.2. The lowest BCUT2D eigenvalue weighted by Crippen LogP contribution is -2.44. The molecule has 2 heterocycles. The number of methoxy groups -OCH3 is 1. The van der Waals surface area contributed by atoms with Crippen LogP contribution in [-0.4, -0.2) is 60.4 Å². The first-order valence-electron chi connectivity index (χ1n) is 11.8. The molecule has 34 heavy (non-hydrogen) atoms. The lowest BCUT2D eigenvalue weighted by molar-refractivity contribution is -0.143. The molecule has 1 fully saturated rings. The van der Waals surface area contributed by atoms with Crippen molar-refractivity contribution in [2.75, 3.05) is 33.5 Å². The predicted molar refractivity (Wildman–Crippen MR) is 126 cm³/mol. The number of rotatable bonds is 8. The van der Waals surface area contributed by atoms with Crippen molar-refractivity contribution in [2.24, 2.45) is 5.92 Å². The Bertz CT molecular complexity index is 1020. The van der Waals surface area contributed by atoms with Gasteiger partial charge in [0.15, 0.2) is 11.5 Å². The molecule has 0 saturated carbocycles. The van der Waals surface area contributed by atoms with Crippen molar-refractivity contribution in [3.05, 3.63) is 53.6 Å². The lowest BCUT2D eigenvalue weighted by atomic mass is 9.83. The lowest BCUT2D eigenvalue weighted by Gasteiger charge is -2.32. The van der Waals surface area contributed by atoms with Crippen LogP contribution in [0.15, 0.2) is 42.5 Å². The molecule has 3 atom stereocenters. The summed E-state index contributed by atoms with van der Waals surface area (Å²) in [5.74, 6) is -0.224. The largest absolute Gasteiger partial charge is 0.497 e. The Labute approximate surface area is 200 Å². The third-order valence-electron chi connectivity index (χ3n) is 6.75. The first-order chi connectivity index (χ1) is 16.5. The Morgan fingerprint density at radius 3 is 2.44 bits per heavy atom. The monoisotopic (exact) mass is 468 g/mol. The minimum Gasteiger partial charge on any atom is -0.497 e. The van der Waals surface area contributed by atoms with Gasteiger partial charge >= 0.3 is 12.0 Å². The van der Waals surface area contributed by atoms with Crippen LogP contribution in [0.2, 0.25) is 0 Å².